The van der Waals surface area contributed by atoms with Crippen LogP contribution in [0.25, 0.3) is 0 Å². The number of hydrogen-bond donors (Lipinski definition) is 1. The first-order chi connectivity index (χ1) is 12.0. The van der Waals surface area contributed by atoms with E-state index in [2.05, 4.69) is 5.32 Å². The van der Waals surface area contributed by atoms with Crippen LogP contribution < -0.4 is 10.1 Å². The Labute approximate surface area is 148 Å². The summed E-state index contributed by atoms with van der Waals surface area (Å²) >= 11 is 5.83. The Morgan fingerprint density at radius 3 is 2.84 bits per heavy atom. The van der Waals surface area contributed by atoms with Crippen LogP contribution in [0.3, 0.4) is 0 Å². The van der Waals surface area contributed by atoms with Crippen LogP contribution in [0, 0.1) is 21.4 Å². The van der Waals surface area contributed by atoms with Gasteiger partial charge in [0.05, 0.1) is 17.6 Å². The van der Waals surface area contributed by atoms with Crippen molar-refractivity contribution in [1.29, 1.82) is 5.26 Å². The Morgan fingerprint density at radius 1 is 1.32 bits per heavy atom. The highest BCUT2D eigenvalue weighted by Gasteiger charge is 2.20. The number of carbonyl (C=O) groups is 1. The van der Waals surface area contributed by atoms with Crippen LogP contribution in [0.1, 0.15) is 23.2 Å². The van der Waals surface area contributed by atoms with Gasteiger partial charge in [-0.2, -0.15) is 5.26 Å². The lowest BCUT2D eigenvalue weighted by Crippen LogP contribution is -2.14. The first-order valence-corrected chi connectivity index (χ1v) is 7.74. The Hall–Kier alpha value is -3.11. The van der Waals surface area contributed by atoms with Crippen LogP contribution in [0.15, 0.2) is 42.5 Å². The van der Waals surface area contributed by atoms with E-state index in [0.29, 0.717) is 30.9 Å². The molecule has 0 aliphatic rings. The number of hydrogen-bond acceptors (Lipinski definition) is 5. The first-order valence-electron chi connectivity index (χ1n) is 7.36. The molecule has 128 valence electrons. The number of nitro benzene ring substituents is 1. The van der Waals surface area contributed by atoms with Gasteiger partial charge in [-0.05, 0) is 30.7 Å². The average Bonchev–Trinajstić information content (AvgIpc) is 2.58. The highest BCUT2D eigenvalue weighted by atomic mass is 35.5. The zero-order valence-electron chi connectivity index (χ0n) is 13.1. The molecule has 0 spiro atoms. The lowest BCUT2D eigenvalue weighted by atomic mass is 10.1. The third-order valence-electron chi connectivity index (χ3n) is 3.19. The van der Waals surface area contributed by atoms with Crippen molar-refractivity contribution in [2.75, 3.05) is 11.9 Å². The average molecular weight is 360 g/mol. The molecule has 0 heterocycles. The SMILES string of the molecule is N#CCCCOc1cccc(NC(=O)c2cc(Cl)ccc2[N+](=O)[O-])c1. The number of nitro groups is 1. The molecule has 8 heteroatoms. The predicted molar refractivity (Wildman–Crippen MR) is 92.8 cm³/mol. The van der Waals surface area contributed by atoms with Crippen molar-refractivity contribution < 1.29 is 14.5 Å². The fourth-order valence-corrected chi connectivity index (χ4v) is 2.22. The summed E-state index contributed by atoms with van der Waals surface area (Å²) in [6.45, 7) is 0.380. The molecule has 0 fully saturated rings. The van der Waals surface area contributed by atoms with Gasteiger partial charge in [-0.15, -0.1) is 0 Å². The lowest BCUT2D eigenvalue weighted by Gasteiger charge is -2.09. The molecular weight excluding hydrogens is 346 g/mol. The second-order valence-electron chi connectivity index (χ2n) is 5.01. The molecule has 0 aliphatic heterocycles. The zero-order chi connectivity index (χ0) is 18.2. The fraction of sp³-hybridized carbons (Fsp3) is 0.176. The Morgan fingerprint density at radius 2 is 2.12 bits per heavy atom. The summed E-state index contributed by atoms with van der Waals surface area (Å²) < 4.78 is 5.49. The molecule has 0 saturated heterocycles. The molecule has 0 aliphatic carbocycles. The summed E-state index contributed by atoms with van der Waals surface area (Å²) in [5.41, 5.74) is -0.0271. The molecule has 0 radical (unpaired) electrons. The third kappa shape index (κ3) is 5.19. The number of nitriles is 1. The van der Waals surface area contributed by atoms with Crippen molar-refractivity contribution in [2.24, 2.45) is 0 Å². The predicted octanol–water partition coefficient (Wildman–Crippen LogP) is 4.18. The van der Waals surface area contributed by atoms with Crippen molar-refractivity contribution >= 4 is 28.9 Å². The Bertz CT molecular complexity index is 833. The van der Waals surface area contributed by atoms with Crippen LogP contribution >= 0.6 is 11.6 Å². The van der Waals surface area contributed by atoms with Crippen molar-refractivity contribution in [2.45, 2.75) is 12.8 Å². The standard InChI is InChI=1S/C17H14ClN3O4/c18-12-6-7-16(21(23)24)15(10-12)17(22)20-13-4-3-5-14(11-13)25-9-2-1-8-19/h3-7,10-11H,1-2,9H2,(H,20,22). The molecule has 2 rings (SSSR count). The van der Waals surface area contributed by atoms with E-state index in [9.17, 15) is 14.9 Å². The van der Waals surface area contributed by atoms with Gasteiger partial charge in [0.1, 0.15) is 11.3 Å². The second-order valence-corrected chi connectivity index (χ2v) is 5.45. The molecule has 0 unspecified atom stereocenters. The van der Waals surface area contributed by atoms with Crippen molar-refractivity contribution in [1.82, 2.24) is 0 Å². The van der Waals surface area contributed by atoms with Gasteiger partial charge in [0.2, 0.25) is 0 Å². The number of carbonyl (C=O) groups excluding carboxylic acids is 1. The van der Waals surface area contributed by atoms with E-state index in [-0.39, 0.29) is 16.3 Å². The number of nitrogens with zero attached hydrogens (tertiary/aromatic N) is 2. The molecule has 0 atom stereocenters. The second kappa shape index (κ2) is 8.66. The third-order valence-corrected chi connectivity index (χ3v) is 3.43. The molecule has 1 amide bonds. The molecule has 25 heavy (non-hydrogen) atoms. The van der Waals surface area contributed by atoms with Crippen molar-refractivity contribution in [3.63, 3.8) is 0 Å². The van der Waals surface area contributed by atoms with Crippen LogP contribution in [-0.4, -0.2) is 17.4 Å². The molecule has 2 aromatic rings. The van der Waals surface area contributed by atoms with Gasteiger partial charge in [0.15, 0.2) is 0 Å². The summed E-state index contributed by atoms with van der Waals surface area (Å²) in [5.74, 6) is -0.118. The minimum absolute atomic E-state index is 0.127. The van der Waals surface area contributed by atoms with Crippen molar-refractivity contribution in [3.05, 3.63) is 63.2 Å². The molecule has 0 saturated carbocycles. The maximum absolute atomic E-state index is 12.4. The summed E-state index contributed by atoms with van der Waals surface area (Å²) in [6.07, 6.45) is 0.997. The number of amides is 1. The topological polar surface area (TPSA) is 105 Å². The number of nitrogens with one attached hydrogen (secondary N) is 1. The van der Waals surface area contributed by atoms with Gasteiger partial charge in [0.25, 0.3) is 11.6 Å². The van der Waals surface area contributed by atoms with E-state index in [4.69, 9.17) is 21.6 Å². The molecular formula is C17H14ClN3O4. The molecule has 2 aromatic carbocycles. The quantitative estimate of drug-likeness (QED) is 0.453. The number of ether oxygens (including phenoxy) is 1. The number of benzene rings is 2. The number of rotatable bonds is 7. The monoisotopic (exact) mass is 359 g/mol. The lowest BCUT2D eigenvalue weighted by molar-refractivity contribution is -0.385. The Balaban J connectivity index is 2.12. The smallest absolute Gasteiger partial charge is 0.282 e. The van der Waals surface area contributed by atoms with Gasteiger partial charge in [-0.1, -0.05) is 17.7 Å². The maximum Gasteiger partial charge on any atom is 0.282 e. The maximum atomic E-state index is 12.4. The van der Waals surface area contributed by atoms with Crippen LogP contribution in [0.5, 0.6) is 5.75 Å². The summed E-state index contributed by atoms with van der Waals surface area (Å²) in [5, 5.41) is 22.4. The first kappa shape index (κ1) is 18.2. The van der Waals surface area contributed by atoms with Crippen LogP contribution in [0.4, 0.5) is 11.4 Å². The van der Waals surface area contributed by atoms with E-state index in [1.54, 1.807) is 24.3 Å². The normalized spacial score (nSPS) is 9.92. The van der Waals surface area contributed by atoms with Gasteiger partial charge in [-0.25, -0.2) is 0 Å². The van der Waals surface area contributed by atoms with Gasteiger partial charge in [-0.3, -0.25) is 14.9 Å². The zero-order valence-corrected chi connectivity index (χ0v) is 13.8. The van der Waals surface area contributed by atoms with E-state index < -0.39 is 10.8 Å². The van der Waals surface area contributed by atoms with Gasteiger partial charge < -0.3 is 10.1 Å². The van der Waals surface area contributed by atoms with Crippen LogP contribution in [-0.2, 0) is 0 Å². The molecule has 7 nitrogen and oxygen atoms in total. The number of halogens is 1. The molecule has 1 N–H and O–H groups in total. The highest BCUT2D eigenvalue weighted by molar-refractivity contribution is 6.31. The number of anilines is 1. The van der Waals surface area contributed by atoms with E-state index in [0.717, 1.165) is 0 Å². The van der Waals surface area contributed by atoms with Crippen molar-refractivity contribution in [3.8, 4) is 11.8 Å². The summed E-state index contributed by atoms with van der Waals surface area (Å²) in [4.78, 5) is 22.8. The highest BCUT2D eigenvalue weighted by Crippen LogP contribution is 2.25. The number of unbranched alkanes of at least 4 members (excludes halogenated alkanes) is 1. The Kier molecular flexibility index (Phi) is 6.32. The van der Waals surface area contributed by atoms with E-state index in [1.165, 1.54) is 18.2 Å². The van der Waals surface area contributed by atoms with Gasteiger partial charge in [0, 0.05) is 29.3 Å². The minimum Gasteiger partial charge on any atom is -0.493 e. The van der Waals surface area contributed by atoms with Crippen LogP contribution in [0.2, 0.25) is 5.02 Å². The van der Waals surface area contributed by atoms with E-state index in [1.807, 2.05) is 6.07 Å². The van der Waals surface area contributed by atoms with Gasteiger partial charge >= 0.3 is 0 Å². The van der Waals surface area contributed by atoms with E-state index >= 15 is 0 Å². The summed E-state index contributed by atoms with van der Waals surface area (Å²) in [6, 6.07) is 12.4. The molecule has 0 aromatic heterocycles. The summed E-state index contributed by atoms with van der Waals surface area (Å²) in [7, 11) is 0. The fourth-order valence-electron chi connectivity index (χ4n) is 2.05. The minimum atomic E-state index is -0.643. The molecule has 0 bridgehead atoms. The largest absolute Gasteiger partial charge is 0.493 e.